The van der Waals surface area contributed by atoms with Gasteiger partial charge in [-0.3, -0.25) is 4.98 Å². The Morgan fingerprint density at radius 1 is 0.955 bits per heavy atom. The molecule has 22 heavy (non-hydrogen) atoms. The Bertz CT molecular complexity index is 864. The number of pyridine rings is 1. The molecule has 0 amide bonds. The van der Waals surface area contributed by atoms with Crippen molar-refractivity contribution in [3.63, 3.8) is 0 Å². The van der Waals surface area contributed by atoms with Crippen LogP contribution in [0.3, 0.4) is 0 Å². The summed E-state index contributed by atoms with van der Waals surface area (Å²) in [6.07, 6.45) is 3.07. The second kappa shape index (κ2) is 5.40. The number of fused-ring (bicyclic) bond motifs is 1. The number of benzene rings is 1. The first-order chi connectivity index (χ1) is 10.9. The number of aromatic nitrogens is 5. The van der Waals surface area contributed by atoms with E-state index in [1.165, 1.54) is 0 Å². The molecule has 4 aromatic rings. The summed E-state index contributed by atoms with van der Waals surface area (Å²) in [6, 6.07) is 13.6. The highest BCUT2D eigenvalue weighted by Crippen LogP contribution is 2.14. The summed E-state index contributed by atoms with van der Waals surface area (Å²) in [5, 5.41) is 3.96. The molecule has 0 aliphatic heterocycles. The molecule has 108 valence electrons. The summed E-state index contributed by atoms with van der Waals surface area (Å²) in [6.45, 7) is 0. The first-order valence-corrected chi connectivity index (χ1v) is 7.06. The van der Waals surface area contributed by atoms with Gasteiger partial charge in [0.15, 0.2) is 0 Å². The molecular weight excluding hydrogens is 278 g/mol. The summed E-state index contributed by atoms with van der Waals surface area (Å²) >= 11 is 0. The lowest BCUT2D eigenvalue weighted by Gasteiger charge is -1.91. The highest BCUT2D eigenvalue weighted by Gasteiger charge is 2.10. The zero-order valence-electron chi connectivity index (χ0n) is 11.7. The van der Waals surface area contributed by atoms with E-state index in [9.17, 15) is 0 Å². The van der Waals surface area contributed by atoms with Crippen LogP contribution in [0, 0.1) is 0 Å². The van der Waals surface area contributed by atoms with E-state index in [0.717, 1.165) is 23.3 Å². The fourth-order valence-corrected chi connectivity index (χ4v) is 2.30. The fraction of sp³-hybridized carbons (Fsp3) is 0.125. The molecule has 0 spiro atoms. The topological polar surface area (TPSA) is 80.5 Å². The summed E-state index contributed by atoms with van der Waals surface area (Å²) in [5.41, 5.74) is 2.72. The Labute approximate surface area is 126 Å². The van der Waals surface area contributed by atoms with Gasteiger partial charge in [0, 0.05) is 19.0 Å². The molecule has 6 nitrogen and oxygen atoms in total. The van der Waals surface area contributed by atoms with E-state index in [-0.39, 0.29) is 0 Å². The van der Waals surface area contributed by atoms with Crippen molar-refractivity contribution in [1.29, 1.82) is 0 Å². The molecule has 3 aromatic heterocycles. The molecule has 0 saturated heterocycles. The van der Waals surface area contributed by atoms with Crippen LogP contribution in [-0.4, -0.2) is 25.1 Å². The van der Waals surface area contributed by atoms with Crippen molar-refractivity contribution in [2.75, 3.05) is 0 Å². The van der Waals surface area contributed by atoms with Gasteiger partial charge in [-0.05, 0) is 24.3 Å². The predicted octanol–water partition coefficient (Wildman–Crippen LogP) is 2.79. The normalized spacial score (nSPS) is 11.1. The monoisotopic (exact) mass is 291 g/mol. The maximum Gasteiger partial charge on any atom is 0.227 e. The zero-order chi connectivity index (χ0) is 14.8. The second-order valence-corrected chi connectivity index (χ2v) is 4.93. The zero-order valence-corrected chi connectivity index (χ0v) is 11.7. The summed E-state index contributed by atoms with van der Waals surface area (Å²) in [4.78, 5) is 16.4. The lowest BCUT2D eigenvalue weighted by Crippen LogP contribution is -1.94. The Kier molecular flexibility index (Phi) is 3.12. The van der Waals surface area contributed by atoms with Crippen molar-refractivity contribution in [2.45, 2.75) is 12.8 Å². The van der Waals surface area contributed by atoms with Crippen molar-refractivity contribution in [3.8, 4) is 11.5 Å². The van der Waals surface area contributed by atoms with Crippen molar-refractivity contribution in [3.05, 3.63) is 60.4 Å². The molecule has 0 saturated carbocycles. The Balaban J connectivity index is 1.49. The quantitative estimate of drug-likeness (QED) is 0.625. The van der Waals surface area contributed by atoms with Crippen molar-refractivity contribution in [1.82, 2.24) is 25.1 Å². The van der Waals surface area contributed by atoms with Crippen LogP contribution < -0.4 is 0 Å². The van der Waals surface area contributed by atoms with Gasteiger partial charge in [0.1, 0.15) is 11.5 Å². The molecule has 0 aliphatic carbocycles. The van der Waals surface area contributed by atoms with Gasteiger partial charge in [-0.1, -0.05) is 23.4 Å². The number of H-pyrrole nitrogens is 1. The average Bonchev–Trinajstić information content (AvgIpc) is 3.20. The molecule has 1 aromatic carbocycles. The molecule has 0 unspecified atom stereocenters. The minimum absolute atomic E-state index is 0.514. The maximum absolute atomic E-state index is 5.27. The highest BCUT2D eigenvalue weighted by atomic mass is 16.5. The molecule has 0 fully saturated rings. The second-order valence-electron chi connectivity index (χ2n) is 4.93. The smallest absolute Gasteiger partial charge is 0.227 e. The third-order valence-electron chi connectivity index (χ3n) is 3.38. The van der Waals surface area contributed by atoms with Gasteiger partial charge < -0.3 is 9.51 Å². The van der Waals surface area contributed by atoms with Crippen LogP contribution in [0.1, 0.15) is 11.7 Å². The van der Waals surface area contributed by atoms with Crippen LogP contribution in [0.5, 0.6) is 0 Å². The number of nitrogens with one attached hydrogen (secondary N) is 1. The molecular formula is C16H13N5O. The molecule has 0 radical (unpaired) electrons. The van der Waals surface area contributed by atoms with Crippen LogP contribution in [0.2, 0.25) is 0 Å². The fourth-order valence-electron chi connectivity index (χ4n) is 2.30. The largest absolute Gasteiger partial charge is 0.342 e. The molecule has 0 atom stereocenters. The van der Waals surface area contributed by atoms with E-state index in [4.69, 9.17) is 4.52 Å². The number of hydrogen-bond acceptors (Lipinski definition) is 5. The molecule has 4 rings (SSSR count). The number of imidazole rings is 1. The standard InChI is InChI=1S/C16H13N5O/c1-2-6-12-11(5-1)18-14(19-12)8-9-15-20-16(21-22-15)13-7-3-4-10-17-13/h1-7,10H,8-9H2,(H,18,19). The molecule has 6 heteroatoms. The molecule has 1 N–H and O–H groups in total. The van der Waals surface area contributed by atoms with Gasteiger partial charge in [0.05, 0.1) is 11.0 Å². The van der Waals surface area contributed by atoms with Crippen LogP contribution in [-0.2, 0) is 12.8 Å². The lowest BCUT2D eigenvalue weighted by molar-refractivity contribution is 0.378. The van der Waals surface area contributed by atoms with Crippen molar-refractivity contribution < 1.29 is 4.52 Å². The lowest BCUT2D eigenvalue weighted by atomic mass is 10.3. The Morgan fingerprint density at radius 2 is 1.86 bits per heavy atom. The van der Waals surface area contributed by atoms with Crippen LogP contribution in [0.25, 0.3) is 22.6 Å². The number of nitrogens with zero attached hydrogens (tertiary/aromatic N) is 4. The number of aromatic amines is 1. The van der Waals surface area contributed by atoms with Crippen LogP contribution in [0.4, 0.5) is 0 Å². The van der Waals surface area contributed by atoms with E-state index < -0.39 is 0 Å². The molecule has 0 bridgehead atoms. The Morgan fingerprint density at radius 3 is 2.73 bits per heavy atom. The highest BCUT2D eigenvalue weighted by molar-refractivity contribution is 5.74. The van der Waals surface area contributed by atoms with Gasteiger partial charge >= 0.3 is 0 Å². The van der Waals surface area contributed by atoms with Gasteiger partial charge in [-0.25, -0.2) is 4.98 Å². The SMILES string of the molecule is c1ccc(-c2noc(CCc3nc4ccccc4[nH]3)n2)nc1. The maximum atomic E-state index is 5.27. The summed E-state index contributed by atoms with van der Waals surface area (Å²) in [5.74, 6) is 2.01. The van der Waals surface area contributed by atoms with E-state index in [2.05, 4.69) is 25.1 Å². The number of para-hydroxylation sites is 2. The van der Waals surface area contributed by atoms with Crippen molar-refractivity contribution in [2.24, 2.45) is 0 Å². The van der Waals surface area contributed by atoms with Gasteiger partial charge in [0.25, 0.3) is 0 Å². The first kappa shape index (κ1) is 12.7. The molecule has 0 aliphatic rings. The predicted molar refractivity (Wildman–Crippen MR) is 81.0 cm³/mol. The van der Waals surface area contributed by atoms with E-state index in [0.29, 0.717) is 23.8 Å². The Hall–Kier alpha value is -3.02. The summed E-state index contributed by atoms with van der Waals surface area (Å²) in [7, 11) is 0. The third kappa shape index (κ3) is 2.46. The number of hydrogen-bond donors (Lipinski definition) is 1. The molecule has 3 heterocycles. The van der Waals surface area contributed by atoms with Crippen molar-refractivity contribution >= 4 is 11.0 Å². The number of aryl methyl sites for hydroxylation is 2. The van der Waals surface area contributed by atoms with Gasteiger partial charge in [-0.15, -0.1) is 0 Å². The minimum atomic E-state index is 0.514. The average molecular weight is 291 g/mol. The summed E-state index contributed by atoms with van der Waals surface area (Å²) < 4.78 is 5.27. The minimum Gasteiger partial charge on any atom is -0.342 e. The van der Waals surface area contributed by atoms with E-state index in [1.54, 1.807) is 6.20 Å². The third-order valence-corrected chi connectivity index (χ3v) is 3.38. The van der Waals surface area contributed by atoms with E-state index in [1.807, 2.05) is 42.5 Å². The van der Waals surface area contributed by atoms with Crippen LogP contribution in [0.15, 0.2) is 53.2 Å². The van der Waals surface area contributed by atoms with Gasteiger partial charge in [0.2, 0.25) is 11.7 Å². The van der Waals surface area contributed by atoms with E-state index >= 15 is 0 Å². The number of rotatable bonds is 4. The first-order valence-electron chi connectivity index (χ1n) is 7.06. The van der Waals surface area contributed by atoms with Crippen LogP contribution >= 0.6 is 0 Å². The van der Waals surface area contributed by atoms with Gasteiger partial charge in [-0.2, -0.15) is 4.98 Å².